The van der Waals surface area contributed by atoms with E-state index in [2.05, 4.69) is 97.9 Å². The second-order valence-electron chi connectivity index (χ2n) is 24.5. The van der Waals surface area contributed by atoms with E-state index in [0.717, 1.165) is 90.3 Å². The van der Waals surface area contributed by atoms with Crippen molar-refractivity contribution in [2.45, 2.75) is 126 Å². The number of thiazole rings is 3. The molecule has 11 rings (SSSR count). The molecule has 3 aliphatic carbocycles. The van der Waals surface area contributed by atoms with Gasteiger partial charge in [0.25, 0.3) is 20.0 Å². The number of rotatable bonds is 20. The molecule has 3 aliphatic rings. The molecular formula is C64H77Br2N11O9S6Sn. The van der Waals surface area contributed by atoms with Crippen molar-refractivity contribution in [3.05, 3.63) is 164 Å². The average Bonchev–Trinajstić information content (AvgIpc) is 1.68. The molecule has 5 aromatic heterocycles. The molecule has 3 saturated carbocycles. The van der Waals surface area contributed by atoms with Crippen LogP contribution in [0.3, 0.4) is 0 Å². The summed E-state index contributed by atoms with van der Waals surface area (Å²) in [4.78, 5) is 70.6. The molecule has 20 nitrogen and oxygen atoms in total. The van der Waals surface area contributed by atoms with Crippen LogP contribution in [-0.4, -0.2) is 126 Å². The van der Waals surface area contributed by atoms with Crippen LogP contribution in [0.4, 0.5) is 15.4 Å². The summed E-state index contributed by atoms with van der Waals surface area (Å²) in [7, 11) is -5.95. The van der Waals surface area contributed by atoms with E-state index in [1.165, 1.54) is 18.3 Å². The van der Waals surface area contributed by atoms with Crippen molar-refractivity contribution >= 4 is 151 Å². The Morgan fingerprint density at radius 1 is 0.495 bits per heavy atom. The molecule has 0 radical (unpaired) electrons. The number of anilines is 3. The average molecular weight is 1620 g/mol. The van der Waals surface area contributed by atoms with Gasteiger partial charge in [0.15, 0.2) is 18.7 Å². The molecule has 3 aromatic carbocycles. The van der Waals surface area contributed by atoms with Crippen molar-refractivity contribution in [2.24, 2.45) is 17.8 Å². The number of carbonyl (C=O) groups excluding carboxylic acids is 3. The Kier molecular flexibility index (Phi) is 24.8. The third-order valence-electron chi connectivity index (χ3n) is 15.5. The first kappa shape index (κ1) is 73.6. The number of nitrogens with zero attached hydrogens (tertiary/aromatic N) is 8. The van der Waals surface area contributed by atoms with Crippen LogP contribution in [0.2, 0.25) is 14.8 Å². The van der Waals surface area contributed by atoms with E-state index >= 15 is 0 Å². The summed E-state index contributed by atoms with van der Waals surface area (Å²) in [5.74, 6) is 0.679. The van der Waals surface area contributed by atoms with E-state index in [0.29, 0.717) is 50.2 Å². The second-order valence-corrected chi connectivity index (χ2v) is 49.3. The first-order valence-corrected chi connectivity index (χ1v) is 48.4. The minimum absolute atomic E-state index is 0.00159. The van der Waals surface area contributed by atoms with Crippen LogP contribution in [0.5, 0.6) is 0 Å². The Labute approximate surface area is 579 Å². The van der Waals surface area contributed by atoms with Crippen LogP contribution in [-0.2, 0) is 63.7 Å². The number of hydrogen-bond acceptors (Lipinski definition) is 17. The van der Waals surface area contributed by atoms with Crippen LogP contribution in [0.1, 0.15) is 73.8 Å². The smallest absolute Gasteiger partial charge is 0.291 e. The van der Waals surface area contributed by atoms with Crippen molar-refractivity contribution in [3.63, 3.8) is 0 Å². The van der Waals surface area contributed by atoms with Gasteiger partial charge in [-0.25, -0.2) is 41.2 Å². The summed E-state index contributed by atoms with van der Waals surface area (Å²) in [6, 6.07) is 34.9. The zero-order valence-corrected chi connectivity index (χ0v) is 64.6. The minimum Gasteiger partial charge on any atom is -0.291 e. The standard InChI is InChI=1S/C22H24N4O3S2.C17H20BrN3O3S2.C17H20N3O3S2.C5H4BrN.3CH3.Sn/c1-14-12-19(14)25-31(28,29)21-15(2)24-22(30-21)26(3)20(27)13-16-7-9-17(10-8-16)18-6-4-5-11-23-18;1-10-8-14(10)20-26(23,24)16-11(2)19-17(25-16)21(3)15(22)9-12-4-6-13(18)7-5-12;1-11-9-14(11)19-25(22,23)16-12(2)18-17(24-16)20(3)15(21)10-13-7-5-4-6-8-13;6-5-3-1-2-4-7-5;;;;/h4-11,14,19,25H,12-13H2,1-3H3;4-7,10,14,20H,8-9H2,1-3H3;5-8,11,14,19H,9-10H2,1-3H3;1-4H;3*1H3;. The fraction of sp³-hybridized carbons (Fsp3) is 0.375. The molecule has 29 heteroatoms. The molecule has 3 amide bonds. The Balaban J connectivity index is 0.000000170. The van der Waals surface area contributed by atoms with Gasteiger partial charge >= 0.3 is 157 Å². The number of pyridine rings is 2. The number of benzene rings is 3. The van der Waals surface area contributed by atoms with Gasteiger partial charge in [0.2, 0.25) is 11.8 Å². The third kappa shape index (κ3) is 20.6. The van der Waals surface area contributed by atoms with Crippen LogP contribution in [0.15, 0.2) is 143 Å². The maximum absolute atomic E-state index is 12.8. The molecule has 6 atom stereocenters. The van der Waals surface area contributed by atoms with E-state index < -0.39 is 48.4 Å². The zero-order valence-electron chi connectivity index (χ0n) is 53.7. The predicted molar refractivity (Wildman–Crippen MR) is 381 cm³/mol. The summed E-state index contributed by atoms with van der Waals surface area (Å²) < 4.78 is 87.5. The zero-order chi connectivity index (χ0) is 67.9. The van der Waals surface area contributed by atoms with Gasteiger partial charge in [-0.05, 0) is 114 Å². The van der Waals surface area contributed by atoms with Crippen molar-refractivity contribution < 1.29 is 39.6 Å². The van der Waals surface area contributed by atoms with Gasteiger partial charge in [0.05, 0.1) is 29.9 Å². The van der Waals surface area contributed by atoms with Crippen molar-refractivity contribution in [2.75, 3.05) is 35.8 Å². The maximum atomic E-state index is 12.8. The molecule has 93 heavy (non-hydrogen) atoms. The van der Waals surface area contributed by atoms with Crippen LogP contribution in [0, 0.1) is 38.5 Å². The van der Waals surface area contributed by atoms with Crippen molar-refractivity contribution in [1.29, 1.82) is 0 Å². The molecule has 3 fully saturated rings. The number of likely N-dealkylation sites (N-methyl/N-ethyl adjacent to an activating group) is 3. The number of carbonyl (C=O) groups is 3. The van der Waals surface area contributed by atoms with Gasteiger partial charge in [-0.15, -0.1) is 0 Å². The topological polar surface area (TPSA) is 264 Å². The monoisotopic (exact) mass is 1610 g/mol. The van der Waals surface area contributed by atoms with E-state index in [4.69, 9.17) is 0 Å². The molecule has 0 spiro atoms. The molecule has 0 aliphatic heterocycles. The van der Waals surface area contributed by atoms with Gasteiger partial charge in [-0.2, -0.15) is 0 Å². The molecule has 6 unspecified atom stereocenters. The Bertz CT molecular complexity index is 4280. The SMILES string of the molecule is Brc1ccccn1.Cc1nc(N(C)C(=O)Cc2cc[c]([Sn]([CH3])([CH3])[CH3])cc2)sc1S(=O)(=O)NC1CC1C.Cc1nc(N(C)C(=O)Cc2ccc(-c3ccccn3)cc2)sc1S(=O)(=O)NC1CC1C.Cc1nc(N(C)C(=O)Cc2ccc(Br)cc2)sc1S(=O)(=O)NC1CC1C. The number of halogens is 2. The first-order chi connectivity index (χ1) is 43.7. The Morgan fingerprint density at radius 3 is 1.10 bits per heavy atom. The number of amides is 3. The number of nitrogens with one attached hydrogen (secondary N) is 3. The van der Waals surface area contributed by atoms with Crippen molar-refractivity contribution in [1.82, 2.24) is 39.1 Å². The Morgan fingerprint density at radius 2 is 0.817 bits per heavy atom. The first-order valence-electron chi connectivity index (χ1n) is 29.9. The molecule has 496 valence electrons. The fourth-order valence-electron chi connectivity index (χ4n) is 9.09. The van der Waals surface area contributed by atoms with Crippen LogP contribution >= 0.6 is 65.9 Å². The van der Waals surface area contributed by atoms with E-state index in [1.54, 1.807) is 54.3 Å². The number of hydrogen-bond donors (Lipinski definition) is 3. The summed E-state index contributed by atoms with van der Waals surface area (Å²) in [5, 5.41) is 1.16. The number of aryl methyl sites for hydroxylation is 3. The van der Waals surface area contributed by atoms with Gasteiger partial charge < -0.3 is 0 Å². The Hall–Kier alpha value is -5.25. The summed E-state index contributed by atoms with van der Waals surface area (Å²) >= 11 is 7.55. The molecule has 5 heterocycles. The molecule has 0 saturated heterocycles. The van der Waals surface area contributed by atoms with Crippen LogP contribution < -0.4 is 32.4 Å². The van der Waals surface area contributed by atoms with E-state index in [1.807, 2.05) is 118 Å². The fourth-order valence-corrected chi connectivity index (χ4v) is 21.5. The summed E-state index contributed by atoms with van der Waals surface area (Å²) in [6.45, 7) is 11.0. The third-order valence-corrected chi connectivity index (χ3v) is 32.4. The summed E-state index contributed by atoms with van der Waals surface area (Å²) in [6.07, 6.45) is 6.73. The van der Waals surface area contributed by atoms with Crippen molar-refractivity contribution in [3.8, 4) is 11.3 Å². The second kappa shape index (κ2) is 31.3. The van der Waals surface area contributed by atoms with Gasteiger partial charge in [0.1, 0.15) is 4.60 Å². The molecule has 3 N–H and O–H groups in total. The predicted octanol–water partition coefficient (Wildman–Crippen LogP) is 11.2. The number of sulfonamides is 3. The van der Waals surface area contributed by atoms with E-state index in [-0.39, 0.29) is 67.7 Å². The van der Waals surface area contributed by atoms with Gasteiger partial charge in [-0.1, -0.05) is 108 Å². The summed E-state index contributed by atoms with van der Waals surface area (Å²) in [5.41, 5.74) is 5.79. The van der Waals surface area contributed by atoms with E-state index in [9.17, 15) is 39.6 Å². The normalized spacial score (nSPS) is 18.1. The van der Waals surface area contributed by atoms with Gasteiger partial charge in [0, 0.05) is 54.7 Å². The molecule has 0 bridgehead atoms. The molecule has 8 aromatic rings. The van der Waals surface area contributed by atoms with Crippen LogP contribution in [0.25, 0.3) is 11.3 Å². The number of aromatic nitrogens is 5. The molecular weight excluding hydrogens is 1540 g/mol. The van der Waals surface area contributed by atoms with Gasteiger partial charge in [-0.3, -0.25) is 24.4 Å². The quantitative estimate of drug-likeness (QED) is 0.0473. The minimum atomic E-state index is -3.63.